The van der Waals surface area contributed by atoms with Crippen LogP contribution in [0.5, 0.6) is 0 Å². The van der Waals surface area contributed by atoms with Gasteiger partial charge in [-0.05, 0) is 6.42 Å². The molecule has 1 unspecified atom stereocenters. The summed E-state index contributed by atoms with van der Waals surface area (Å²) in [6.07, 6.45) is 0.801. The van der Waals surface area contributed by atoms with E-state index in [1.165, 1.54) is 17.9 Å². The normalized spacial score (nSPS) is 27.0. The summed E-state index contributed by atoms with van der Waals surface area (Å²) < 4.78 is 17.6. The van der Waals surface area contributed by atoms with Gasteiger partial charge in [0, 0.05) is 42.3 Å². The first kappa shape index (κ1) is 14.1. The van der Waals surface area contributed by atoms with Crippen molar-refractivity contribution in [2.75, 3.05) is 24.7 Å². The van der Waals surface area contributed by atoms with E-state index in [0.29, 0.717) is 18.1 Å². The summed E-state index contributed by atoms with van der Waals surface area (Å²) in [6, 6.07) is 1.24. The van der Waals surface area contributed by atoms with Gasteiger partial charge in [-0.1, -0.05) is 0 Å². The smallest absolute Gasteiger partial charge is 0.356 e. The van der Waals surface area contributed by atoms with Crippen molar-refractivity contribution in [3.63, 3.8) is 0 Å². The number of aromatic nitrogens is 2. The largest absolute Gasteiger partial charge is 0.464 e. The lowest BCUT2D eigenvalue weighted by Crippen LogP contribution is -2.44. The topological polar surface area (TPSA) is 93.5 Å². The lowest BCUT2D eigenvalue weighted by atomic mass is 10.2. The molecular formula is C12H16N4O4S. The number of hydrogen-bond acceptors (Lipinski definition) is 5. The minimum Gasteiger partial charge on any atom is -0.464 e. The molecule has 2 fully saturated rings. The molecule has 1 aromatic rings. The summed E-state index contributed by atoms with van der Waals surface area (Å²) in [5.74, 6) is 0.334. The molecule has 0 aromatic carbocycles. The number of amides is 2. The average molecular weight is 312 g/mol. The van der Waals surface area contributed by atoms with E-state index in [2.05, 4.69) is 15.2 Å². The Morgan fingerprint density at radius 1 is 1.52 bits per heavy atom. The predicted molar refractivity (Wildman–Crippen MR) is 75.5 cm³/mol. The number of carbonyl (C=O) groups excluding carboxylic acids is 2. The van der Waals surface area contributed by atoms with E-state index in [-0.39, 0.29) is 23.0 Å². The van der Waals surface area contributed by atoms with Crippen LogP contribution in [0.3, 0.4) is 0 Å². The van der Waals surface area contributed by atoms with E-state index in [1.807, 2.05) is 0 Å². The van der Waals surface area contributed by atoms with Crippen molar-refractivity contribution in [2.24, 2.45) is 7.05 Å². The van der Waals surface area contributed by atoms with E-state index in [9.17, 15) is 13.8 Å². The summed E-state index contributed by atoms with van der Waals surface area (Å²) in [6.45, 7) is 0.514. The number of anilines is 1. The summed E-state index contributed by atoms with van der Waals surface area (Å²) in [7, 11) is 2.08. The standard InChI is InChI=1S/C12H16N4O4S/c1-15-9(11(17)20-2)4-10(14-15)13-12(18)16-5-8-3-7(16)6-21(8)19/h4,7-8H,3,5-6H2,1-2H3,(H,13,14,18)/t7-,8-,21?/m0/s1. The Balaban J connectivity index is 1.69. The van der Waals surface area contributed by atoms with Crippen LogP contribution in [-0.2, 0) is 22.6 Å². The van der Waals surface area contributed by atoms with E-state index >= 15 is 0 Å². The molecule has 0 aliphatic carbocycles. The maximum absolute atomic E-state index is 12.2. The van der Waals surface area contributed by atoms with Gasteiger partial charge in [0.25, 0.3) is 0 Å². The van der Waals surface area contributed by atoms with E-state index in [1.54, 1.807) is 11.9 Å². The summed E-state index contributed by atoms with van der Waals surface area (Å²) >= 11 is 0. The lowest BCUT2D eigenvalue weighted by Gasteiger charge is -2.26. The molecule has 3 atom stereocenters. The number of nitrogens with one attached hydrogen (secondary N) is 1. The van der Waals surface area contributed by atoms with E-state index in [0.717, 1.165) is 6.42 Å². The first-order valence-electron chi connectivity index (χ1n) is 6.56. The van der Waals surface area contributed by atoms with Crippen LogP contribution in [0.1, 0.15) is 16.9 Å². The Hall–Kier alpha value is -1.90. The van der Waals surface area contributed by atoms with Crippen LogP contribution in [0.15, 0.2) is 6.07 Å². The number of aryl methyl sites for hydroxylation is 1. The average Bonchev–Trinajstić information content (AvgIpc) is 3.11. The van der Waals surface area contributed by atoms with Gasteiger partial charge in [0.2, 0.25) is 0 Å². The van der Waals surface area contributed by atoms with E-state index in [4.69, 9.17) is 0 Å². The number of nitrogens with zero attached hydrogens (tertiary/aromatic N) is 3. The van der Waals surface area contributed by atoms with Gasteiger partial charge in [0.05, 0.1) is 12.4 Å². The molecule has 2 aliphatic rings. The molecule has 0 saturated carbocycles. The number of likely N-dealkylation sites (tertiary alicyclic amines) is 1. The Morgan fingerprint density at radius 2 is 2.29 bits per heavy atom. The first-order chi connectivity index (χ1) is 9.99. The zero-order valence-electron chi connectivity index (χ0n) is 11.7. The fraction of sp³-hybridized carbons (Fsp3) is 0.583. The quantitative estimate of drug-likeness (QED) is 0.772. The zero-order valence-corrected chi connectivity index (χ0v) is 12.6. The molecule has 0 radical (unpaired) electrons. The summed E-state index contributed by atoms with van der Waals surface area (Å²) in [5, 5.41) is 6.83. The highest BCUT2D eigenvalue weighted by Crippen LogP contribution is 2.30. The van der Waals surface area contributed by atoms with Gasteiger partial charge in [-0.25, -0.2) is 9.59 Å². The van der Waals surface area contributed by atoms with Crippen molar-refractivity contribution < 1.29 is 18.5 Å². The minimum absolute atomic E-state index is 0.0413. The highest BCUT2D eigenvalue weighted by Gasteiger charge is 2.45. The van der Waals surface area contributed by atoms with Crippen LogP contribution in [0.2, 0.25) is 0 Å². The molecule has 21 heavy (non-hydrogen) atoms. The molecule has 0 spiro atoms. The van der Waals surface area contributed by atoms with Crippen LogP contribution in [0.25, 0.3) is 0 Å². The Morgan fingerprint density at radius 3 is 2.86 bits per heavy atom. The van der Waals surface area contributed by atoms with Crippen molar-refractivity contribution in [3.05, 3.63) is 11.8 Å². The second-order valence-corrected chi connectivity index (χ2v) is 6.93. The number of urea groups is 1. The van der Waals surface area contributed by atoms with Crippen LogP contribution >= 0.6 is 0 Å². The Kier molecular flexibility index (Phi) is 3.44. The third-order valence-corrected chi connectivity index (χ3v) is 5.67. The second-order valence-electron chi connectivity index (χ2n) is 5.17. The first-order valence-corrected chi connectivity index (χ1v) is 7.95. The highest BCUT2D eigenvalue weighted by molar-refractivity contribution is 7.86. The monoisotopic (exact) mass is 312 g/mol. The number of carbonyl (C=O) groups is 2. The van der Waals surface area contributed by atoms with Crippen molar-refractivity contribution in [1.82, 2.24) is 14.7 Å². The van der Waals surface area contributed by atoms with Gasteiger partial charge in [0.15, 0.2) is 5.82 Å². The number of esters is 1. The van der Waals surface area contributed by atoms with Crippen LogP contribution < -0.4 is 5.32 Å². The number of methoxy groups -OCH3 is 1. The van der Waals surface area contributed by atoms with Crippen molar-refractivity contribution >= 4 is 28.6 Å². The molecule has 114 valence electrons. The molecule has 2 saturated heterocycles. The van der Waals surface area contributed by atoms with Crippen LogP contribution in [-0.4, -0.2) is 61.6 Å². The molecule has 2 aliphatic heterocycles. The molecule has 2 amide bonds. The Bertz CT molecular complexity index is 629. The van der Waals surface area contributed by atoms with Crippen molar-refractivity contribution in [1.29, 1.82) is 0 Å². The number of hydrogen-bond donors (Lipinski definition) is 1. The fourth-order valence-electron chi connectivity index (χ4n) is 2.80. The molecule has 8 nitrogen and oxygen atoms in total. The molecule has 1 aromatic heterocycles. The highest BCUT2D eigenvalue weighted by atomic mass is 32.2. The molecule has 3 rings (SSSR count). The van der Waals surface area contributed by atoms with Crippen LogP contribution in [0, 0.1) is 0 Å². The molecular weight excluding hydrogens is 296 g/mol. The lowest BCUT2D eigenvalue weighted by molar-refractivity contribution is 0.0588. The SMILES string of the molecule is COC(=O)c1cc(NC(=O)N2C[C@@H]3C[C@H]2CS3=O)nn1C. The van der Waals surface area contributed by atoms with Crippen molar-refractivity contribution in [3.8, 4) is 0 Å². The third kappa shape index (κ3) is 2.41. The number of ether oxygens (including phenoxy) is 1. The third-order valence-electron chi connectivity index (χ3n) is 3.87. The second kappa shape index (κ2) is 5.14. The van der Waals surface area contributed by atoms with Gasteiger partial charge >= 0.3 is 12.0 Å². The van der Waals surface area contributed by atoms with Gasteiger partial charge in [-0.2, -0.15) is 5.10 Å². The van der Waals surface area contributed by atoms with Crippen molar-refractivity contribution in [2.45, 2.75) is 17.7 Å². The maximum atomic E-state index is 12.2. The minimum atomic E-state index is -0.804. The number of rotatable bonds is 2. The summed E-state index contributed by atoms with van der Waals surface area (Å²) in [4.78, 5) is 25.4. The maximum Gasteiger partial charge on any atom is 0.356 e. The molecule has 2 bridgehead atoms. The van der Waals surface area contributed by atoms with Gasteiger partial charge in [-0.15, -0.1) is 0 Å². The Labute approximate surface area is 123 Å². The van der Waals surface area contributed by atoms with Gasteiger partial charge in [-0.3, -0.25) is 14.2 Å². The zero-order chi connectivity index (χ0) is 15.1. The summed E-state index contributed by atoms with van der Waals surface area (Å²) in [5.41, 5.74) is 0.261. The van der Waals surface area contributed by atoms with Gasteiger partial charge in [0.1, 0.15) is 5.69 Å². The van der Waals surface area contributed by atoms with Crippen LogP contribution in [0.4, 0.5) is 10.6 Å². The fourth-order valence-corrected chi connectivity index (χ4v) is 4.53. The molecule has 9 heteroatoms. The molecule has 1 N–H and O–H groups in total. The van der Waals surface area contributed by atoms with Gasteiger partial charge < -0.3 is 9.64 Å². The number of fused-ring (bicyclic) bond motifs is 2. The predicted octanol–water partition coefficient (Wildman–Crippen LogP) is -0.0562. The molecule has 3 heterocycles. The van der Waals surface area contributed by atoms with E-state index < -0.39 is 16.8 Å².